The lowest BCUT2D eigenvalue weighted by Crippen LogP contribution is -2.44. The number of nitrogens with one attached hydrogen (secondary N) is 2. The van der Waals surface area contributed by atoms with Crippen LogP contribution in [0.2, 0.25) is 0 Å². The fourth-order valence-corrected chi connectivity index (χ4v) is 0.810. The average Bonchev–Trinajstić information content (AvgIpc) is 2.66. The molecular formula is C8H11N3O4. The van der Waals surface area contributed by atoms with Crippen LogP contribution in [-0.4, -0.2) is 28.3 Å². The number of aliphatic carboxylic acids is 1. The maximum atomic E-state index is 11.1. The number of carbonyl (C=O) groups excluding carboxylic acids is 1. The second-order valence-electron chi connectivity index (χ2n) is 2.87. The van der Waals surface area contributed by atoms with Crippen molar-refractivity contribution < 1.29 is 19.2 Å². The molecule has 0 saturated heterocycles. The number of hydrogen-bond acceptors (Lipinski definition) is 4. The summed E-state index contributed by atoms with van der Waals surface area (Å²) in [4.78, 5) is 21.5. The number of nitrogens with zero attached hydrogens (tertiary/aromatic N) is 1. The fraction of sp³-hybridized carbons (Fsp3) is 0.375. The maximum Gasteiger partial charge on any atom is 0.325 e. The molecule has 0 spiro atoms. The van der Waals surface area contributed by atoms with E-state index in [2.05, 4.69) is 15.8 Å². The molecule has 0 aromatic carbocycles. The molecule has 1 rings (SSSR count). The number of urea groups is 1. The zero-order valence-corrected chi connectivity index (χ0v) is 8.06. The van der Waals surface area contributed by atoms with Crippen molar-refractivity contribution in [3.8, 4) is 0 Å². The molecule has 0 unspecified atom stereocenters. The summed E-state index contributed by atoms with van der Waals surface area (Å²) in [6, 6.07) is 0.0991. The summed E-state index contributed by atoms with van der Waals surface area (Å²) in [5, 5.41) is 16.6. The maximum absolute atomic E-state index is 11.1. The quantitative estimate of drug-likeness (QED) is 0.650. The van der Waals surface area contributed by atoms with Gasteiger partial charge in [-0.05, 0) is 6.92 Å². The summed E-state index contributed by atoms with van der Waals surface area (Å²) in [6.07, 6.45) is 1.45. The van der Waals surface area contributed by atoms with Crippen LogP contribution in [0.3, 0.4) is 0 Å². The van der Waals surface area contributed by atoms with Crippen LogP contribution >= 0.6 is 0 Å². The van der Waals surface area contributed by atoms with Gasteiger partial charge in [-0.25, -0.2) is 4.79 Å². The van der Waals surface area contributed by atoms with Gasteiger partial charge in [0.2, 0.25) is 0 Å². The zero-order valence-electron chi connectivity index (χ0n) is 8.06. The van der Waals surface area contributed by atoms with E-state index in [4.69, 9.17) is 9.63 Å². The fourth-order valence-electron chi connectivity index (χ4n) is 0.810. The van der Waals surface area contributed by atoms with E-state index in [9.17, 15) is 9.59 Å². The Morgan fingerprint density at radius 2 is 2.40 bits per heavy atom. The number of rotatable bonds is 4. The van der Waals surface area contributed by atoms with Crippen LogP contribution in [0.1, 0.15) is 12.7 Å². The van der Waals surface area contributed by atoms with Crippen LogP contribution in [0, 0.1) is 0 Å². The van der Waals surface area contributed by atoms with E-state index in [0.717, 1.165) is 0 Å². The van der Waals surface area contributed by atoms with Gasteiger partial charge in [-0.1, -0.05) is 5.16 Å². The molecule has 0 saturated carbocycles. The number of carboxylic acid groups (broad SMARTS) is 1. The minimum Gasteiger partial charge on any atom is -0.480 e. The molecule has 82 valence electrons. The van der Waals surface area contributed by atoms with Gasteiger partial charge in [-0.3, -0.25) is 4.79 Å². The van der Waals surface area contributed by atoms with Crippen molar-refractivity contribution in [1.82, 2.24) is 15.8 Å². The molecule has 7 nitrogen and oxygen atoms in total. The minimum absolute atomic E-state index is 0.165. The minimum atomic E-state index is -1.09. The highest BCUT2D eigenvalue weighted by Crippen LogP contribution is 1.94. The van der Waals surface area contributed by atoms with Gasteiger partial charge in [0.15, 0.2) is 5.76 Å². The summed E-state index contributed by atoms with van der Waals surface area (Å²) >= 11 is 0. The van der Waals surface area contributed by atoms with E-state index in [1.165, 1.54) is 13.1 Å². The molecule has 3 N–H and O–H groups in total. The molecule has 0 aliphatic heterocycles. The average molecular weight is 213 g/mol. The Labute approximate surface area is 85.4 Å². The third-order valence-electron chi connectivity index (χ3n) is 1.63. The summed E-state index contributed by atoms with van der Waals surface area (Å²) in [7, 11) is 0. The lowest BCUT2D eigenvalue weighted by atomic mass is 10.3. The molecule has 15 heavy (non-hydrogen) atoms. The Hall–Kier alpha value is -2.05. The summed E-state index contributed by atoms with van der Waals surface area (Å²) < 4.78 is 4.73. The molecule has 1 heterocycles. The highest BCUT2D eigenvalue weighted by atomic mass is 16.5. The van der Waals surface area contributed by atoms with Gasteiger partial charge in [-0.2, -0.15) is 0 Å². The first-order valence-corrected chi connectivity index (χ1v) is 4.26. The van der Waals surface area contributed by atoms with Crippen LogP contribution in [0.25, 0.3) is 0 Å². The van der Waals surface area contributed by atoms with E-state index in [0.29, 0.717) is 5.76 Å². The summed E-state index contributed by atoms with van der Waals surface area (Å²) in [6.45, 7) is 1.54. The lowest BCUT2D eigenvalue weighted by molar-refractivity contribution is -0.138. The topological polar surface area (TPSA) is 104 Å². The van der Waals surface area contributed by atoms with Gasteiger partial charge < -0.3 is 20.3 Å². The van der Waals surface area contributed by atoms with Crippen molar-refractivity contribution >= 4 is 12.0 Å². The largest absolute Gasteiger partial charge is 0.480 e. The molecule has 2 amide bonds. The predicted molar refractivity (Wildman–Crippen MR) is 49.0 cm³/mol. The standard InChI is InChI=1S/C8H11N3O4/c1-5(7(12)13)11-8(14)9-4-6-2-3-10-15-6/h2-3,5H,4H2,1H3,(H,12,13)(H2,9,11,14)/t5-/m1/s1. The highest BCUT2D eigenvalue weighted by Gasteiger charge is 2.13. The van der Waals surface area contributed by atoms with E-state index in [1.807, 2.05) is 0 Å². The summed E-state index contributed by atoms with van der Waals surface area (Å²) in [5.74, 6) is -0.599. The SMILES string of the molecule is C[C@@H](NC(=O)NCc1ccno1)C(=O)O. The Balaban J connectivity index is 2.28. The molecule has 0 aliphatic rings. The molecule has 7 heteroatoms. The molecule has 1 atom stereocenters. The summed E-state index contributed by atoms with van der Waals surface area (Å²) in [5.41, 5.74) is 0. The van der Waals surface area contributed by atoms with Crippen LogP contribution < -0.4 is 10.6 Å². The van der Waals surface area contributed by atoms with Crippen molar-refractivity contribution in [3.05, 3.63) is 18.0 Å². The first-order valence-electron chi connectivity index (χ1n) is 4.26. The van der Waals surface area contributed by atoms with Gasteiger partial charge in [0.25, 0.3) is 0 Å². The van der Waals surface area contributed by atoms with E-state index in [-0.39, 0.29) is 6.54 Å². The molecule has 0 fully saturated rings. The van der Waals surface area contributed by atoms with E-state index >= 15 is 0 Å². The number of hydrogen-bond donors (Lipinski definition) is 3. The Morgan fingerprint density at radius 3 is 2.93 bits per heavy atom. The highest BCUT2D eigenvalue weighted by molar-refractivity contribution is 5.82. The van der Waals surface area contributed by atoms with Crippen LogP contribution in [0.4, 0.5) is 4.79 Å². The lowest BCUT2D eigenvalue weighted by Gasteiger charge is -2.09. The molecule has 0 radical (unpaired) electrons. The van der Waals surface area contributed by atoms with Crippen molar-refractivity contribution in [1.29, 1.82) is 0 Å². The van der Waals surface area contributed by atoms with Crippen LogP contribution in [0.5, 0.6) is 0 Å². The number of carbonyl (C=O) groups is 2. The van der Waals surface area contributed by atoms with Crippen molar-refractivity contribution in [2.75, 3.05) is 0 Å². The van der Waals surface area contributed by atoms with E-state index < -0.39 is 18.0 Å². The first-order chi connectivity index (χ1) is 7.09. The van der Waals surface area contributed by atoms with Gasteiger partial charge in [0.1, 0.15) is 6.04 Å². The molecule has 0 bridgehead atoms. The Kier molecular flexibility index (Phi) is 3.67. The Bertz CT molecular complexity index is 336. The first kappa shape index (κ1) is 11.0. The van der Waals surface area contributed by atoms with Gasteiger partial charge in [0.05, 0.1) is 12.7 Å². The smallest absolute Gasteiger partial charge is 0.325 e. The van der Waals surface area contributed by atoms with Crippen LogP contribution in [0.15, 0.2) is 16.8 Å². The second kappa shape index (κ2) is 4.99. The molecule has 0 aliphatic carbocycles. The number of amides is 2. The second-order valence-corrected chi connectivity index (χ2v) is 2.87. The monoisotopic (exact) mass is 213 g/mol. The van der Waals surface area contributed by atoms with Crippen LogP contribution in [-0.2, 0) is 11.3 Å². The molecular weight excluding hydrogens is 202 g/mol. The van der Waals surface area contributed by atoms with Gasteiger partial charge >= 0.3 is 12.0 Å². The van der Waals surface area contributed by atoms with Gasteiger partial charge in [0, 0.05) is 6.07 Å². The van der Waals surface area contributed by atoms with E-state index in [1.54, 1.807) is 6.07 Å². The third kappa shape index (κ3) is 3.67. The van der Waals surface area contributed by atoms with Crippen molar-refractivity contribution in [2.24, 2.45) is 0 Å². The van der Waals surface area contributed by atoms with Crippen molar-refractivity contribution in [3.63, 3.8) is 0 Å². The molecule has 1 aromatic rings. The van der Waals surface area contributed by atoms with Crippen molar-refractivity contribution in [2.45, 2.75) is 19.5 Å². The number of carboxylic acids is 1. The third-order valence-corrected chi connectivity index (χ3v) is 1.63. The number of aromatic nitrogens is 1. The zero-order chi connectivity index (χ0) is 11.3. The normalized spacial score (nSPS) is 11.8. The van der Waals surface area contributed by atoms with Gasteiger partial charge in [-0.15, -0.1) is 0 Å². The predicted octanol–water partition coefficient (Wildman–Crippen LogP) is -0.0531. The Morgan fingerprint density at radius 1 is 1.67 bits per heavy atom. The molecule has 1 aromatic heterocycles.